The fourth-order valence-electron chi connectivity index (χ4n) is 1.72. The van der Waals surface area contributed by atoms with E-state index in [1.54, 1.807) is 0 Å². The van der Waals surface area contributed by atoms with Gasteiger partial charge in [-0.25, -0.2) is 9.18 Å². The molecule has 1 fully saturated rings. The number of halogens is 2. The van der Waals surface area contributed by atoms with Crippen LogP contribution >= 0.6 is 11.6 Å². The Labute approximate surface area is 106 Å². The van der Waals surface area contributed by atoms with Crippen LogP contribution in [0.4, 0.5) is 10.2 Å². The first-order valence-electron chi connectivity index (χ1n) is 5.08. The summed E-state index contributed by atoms with van der Waals surface area (Å²) < 4.78 is 19.2. The summed E-state index contributed by atoms with van der Waals surface area (Å²) in [6.07, 6.45) is -2.43. The lowest BCUT2D eigenvalue weighted by atomic mass is 10.2. The van der Waals surface area contributed by atoms with Crippen LogP contribution in [0.3, 0.4) is 0 Å². The fourth-order valence-corrected chi connectivity index (χ4v) is 2.06. The summed E-state index contributed by atoms with van der Waals surface area (Å²) in [5.74, 6) is -1.43. The average Bonchev–Trinajstić information content (AvgIpc) is 2.61. The van der Waals surface area contributed by atoms with Gasteiger partial charge in [-0.15, -0.1) is 11.6 Å². The molecule has 2 rings (SSSR count). The first-order valence-corrected chi connectivity index (χ1v) is 5.52. The highest BCUT2D eigenvalue weighted by Gasteiger charge is 2.43. The van der Waals surface area contributed by atoms with Gasteiger partial charge in [0.2, 0.25) is 0 Å². The Balaban J connectivity index is 2.39. The number of rotatable bonds is 2. The van der Waals surface area contributed by atoms with Crippen LogP contribution in [0.5, 0.6) is 0 Å². The van der Waals surface area contributed by atoms with Gasteiger partial charge in [-0.1, -0.05) is 0 Å². The molecular weight excluding hydrogens is 269 g/mol. The van der Waals surface area contributed by atoms with E-state index >= 15 is 0 Å². The number of nitrogens with two attached hydrogens (primary N) is 1. The fraction of sp³-hybridized carbons (Fsp3) is 0.556. The smallest absolute Gasteiger partial charge is 0.351 e. The average molecular weight is 280 g/mol. The molecule has 1 aromatic rings. The van der Waals surface area contributed by atoms with E-state index in [4.69, 9.17) is 27.2 Å². The monoisotopic (exact) mass is 279 g/mol. The molecule has 0 aliphatic carbocycles. The zero-order valence-corrected chi connectivity index (χ0v) is 9.79. The highest BCUT2D eigenvalue weighted by atomic mass is 35.5. The van der Waals surface area contributed by atoms with E-state index in [2.05, 4.69) is 4.98 Å². The Morgan fingerprint density at radius 3 is 2.89 bits per heavy atom. The highest BCUT2D eigenvalue weighted by Crippen LogP contribution is 2.32. The number of anilines is 1. The maximum atomic E-state index is 13.3. The van der Waals surface area contributed by atoms with Crippen molar-refractivity contribution in [2.45, 2.75) is 23.8 Å². The van der Waals surface area contributed by atoms with Crippen molar-refractivity contribution in [1.82, 2.24) is 9.55 Å². The summed E-state index contributed by atoms with van der Waals surface area (Å²) in [5.41, 5.74) is 4.29. The number of aliphatic hydroxyl groups is 2. The van der Waals surface area contributed by atoms with E-state index in [0.717, 1.165) is 10.8 Å². The van der Waals surface area contributed by atoms with E-state index in [-0.39, 0.29) is 0 Å². The van der Waals surface area contributed by atoms with Crippen LogP contribution in [-0.4, -0.2) is 44.0 Å². The third kappa shape index (κ3) is 2.07. The Hall–Kier alpha value is -1.22. The minimum absolute atomic E-state index is 0.472. The number of hydrogen-bond donors (Lipinski definition) is 3. The van der Waals surface area contributed by atoms with Crippen LogP contribution in [0.25, 0.3) is 0 Å². The van der Waals surface area contributed by atoms with Crippen LogP contribution in [0.2, 0.25) is 0 Å². The number of aromatic nitrogens is 2. The van der Waals surface area contributed by atoms with Crippen molar-refractivity contribution in [3.05, 3.63) is 22.5 Å². The van der Waals surface area contributed by atoms with Gasteiger partial charge in [0.1, 0.15) is 17.6 Å². The molecule has 0 spiro atoms. The van der Waals surface area contributed by atoms with Gasteiger partial charge in [0.15, 0.2) is 17.9 Å². The Bertz CT molecular complexity index is 511. The second-order valence-electron chi connectivity index (χ2n) is 3.85. The van der Waals surface area contributed by atoms with Gasteiger partial charge in [0.25, 0.3) is 0 Å². The summed E-state index contributed by atoms with van der Waals surface area (Å²) in [5, 5.41) is 17.6. The minimum atomic E-state index is -1.17. The quantitative estimate of drug-likeness (QED) is 0.588. The van der Waals surface area contributed by atoms with Crippen molar-refractivity contribution in [2.24, 2.45) is 0 Å². The number of nitrogen functional groups attached to an aromatic ring is 1. The number of alkyl halides is 1. The Morgan fingerprint density at radius 2 is 2.33 bits per heavy atom. The molecule has 9 heteroatoms. The highest BCUT2D eigenvalue weighted by molar-refractivity contribution is 6.21. The zero-order valence-electron chi connectivity index (χ0n) is 9.03. The van der Waals surface area contributed by atoms with Crippen molar-refractivity contribution in [2.75, 3.05) is 12.3 Å². The van der Waals surface area contributed by atoms with Gasteiger partial charge < -0.3 is 20.7 Å². The van der Waals surface area contributed by atoms with Crippen molar-refractivity contribution >= 4 is 17.4 Å². The molecule has 1 aliphatic rings. The lowest BCUT2D eigenvalue weighted by Crippen LogP contribution is -2.33. The maximum Gasteiger partial charge on any atom is 0.351 e. The lowest BCUT2D eigenvalue weighted by molar-refractivity contribution is -0.0459. The molecule has 0 unspecified atom stereocenters. The summed E-state index contributed by atoms with van der Waals surface area (Å²) >= 11 is 5.87. The van der Waals surface area contributed by atoms with Crippen molar-refractivity contribution in [1.29, 1.82) is 0 Å². The molecule has 18 heavy (non-hydrogen) atoms. The number of hydrogen-bond acceptors (Lipinski definition) is 6. The number of nitrogens with zero attached hydrogens (tertiary/aromatic N) is 2. The summed E-state index contributed by atoms with van der Waals surface area (Å²) in [4.78, 5) is 14.8. The molecule has 1 aliphatic heterocycles. The predicted octanol–water partition coefficient (Wildman–Crippen LogP) is -1.18. The van der Waals surface area contributed by atoms with Gasteiger partial charge in [0, 0.05) is 0 Å². The third-order valence-corrected chi connectivity index (χ3v) is 3.16. The molecule has 0 bridgehead atoms. The van der Waals surface area contributed by atoms with Gasteiger partial charge in [-0.2, -0.15) is 4.98 Å². The molecule has 4 atom stereocenters. The first-order chi connectivity index (χ1) is 8.45. The SMILES string of the molecule is Nc1nc(=O)n([C@@H]2O[C@H](CO)[C@@H](O)[C@H]2Cl)cc1F. The minimum Gasteiger partial charge on any atom is -0.394 e. The predicted molar refractivity (Wildman–Crippen MR) is 59.5 cm³/mol. The standard InChI is InChI=1S/C9H11ClFN3O4/c10-5-6(16)4(2-15)18-8(5)14-1-3(11)7(12)13-9(14)17/h1,4-6,8,15-16H,2H2,(H2,12,13,17)/t4-,5-,6-,8-/m1/s1. The van der Waals surface area contributed by atoms with Gasteiger partial charge in [-0.3, -0.25) is 4.57 Å². The van der Waals surface area contributed by atoms with Gasteiger partial charge in [0.05, 0.1) is 12.8 Å². The maximum absolute atomic E-state index is 13.3. The first kappa shape index (κ1) is 13.2. The molecular formula is C9H11ClFN3O4. The van der Waals surface area contributed by atoms with Crippen LogP contribution in [0, 0.1) is 5.82 Å². The molecule has 0 amide bonds. The Kier molecular flexibility index (Phi) is 3.53. The normalized spacial score (nSPS) is 31.8. The molecule has 0 aromatic carbocycles. The molecule has 1 aromatic heterocycles. The third-order valence-electron chi connectivity index (χ3n) is 2.68. The molecule has 100 valence electrons. The molecule has 2 heterocycles. The lowest BCUT2D eigenvalue weighted by Gasteiger charge is -2.16. The van der Waals surface area contributed by atoms with E-state index in [1.165, 1.54) is 0 Å². The number of aliphatic hydroxyl groups excluding tert-OH is 2. The zero-order chi connectivity index (χ0) is 13.4. The second-order valence-corrected chi connectivity index (χ2v) is 4.35. The molecule has 7 nitrogen and oxygen atoms in total. The largest absolute Gasteiger partial charge is 0.394 e. The van der Waals surface area contributed by atoms with Gasteiger partial charge >= 0.3 is 5.69 Å². The van der Waals surface area contributed by atoms with E-state index in [9.17, 15) is 14.3 Å². The van der Waals surface area contributed by atoms with Crippen molar-refractivity contribution in [3.8, 4) is 0 Å². The second kappa shape index (κ2) is 4.81. The topological polar surface area (TPSA) is 111 Å². The van der Waals surface area contributed by atoms with Crippen LogP contribution in [0.1, 0.15) is 6.23 Å². The number of ether oxygens (including phenoxy) is 1. The molecule has 4 N–H and O–H groups in total. The van der Waals surface area contributed by atoms with Crippen LogP contribution in [-0.2, 0) is 4.74 Å². The van der Waals surface area contributed by atoms with E-state index in [1.807, 2.05) is 0 Å². The molecule has 0 radical (unpaired) electrons. The summed E-state index contributed by atoms with van der Waals surface area (Å²) in [6.45, 7) is -0.472. The Morgan fingerprint density at radius 1 is 1.67 bits per heavy atom. The van der Waals surface area contributed by atoms with Crippen molar-refractivity contribution < 1.29 is 19.3 Å². The molecule has 0 saturated carbocycles. The van der Waals surface area contributed by atoms with Crippen LogP contribution in [0.15, 0.2) is 11.0 Å². The van der Waals surface area contributed by atoms with E-state index in [0.29, 0.717) is 0 Å². The van der Waals surface area contributed by atoms with Gasteiger partial charge in [-0.05, 0) is 0 Å². The summed E-state index contributed by atoms with van der Waals surface area (Å²) in [6, 6.07) is 0. The van der Waals surface area contributed by atoms with Crippen LogP contribution < -0.4 is 11.4 Å². The molecule has 1 saturated heterocycles. The van der Waals surface area contributed by atoms with Crippen molar-refractivity contribution in [3.63, 3.8) is 0 Å². The summed E-state index contributed by atoms with van der Waals surface area (Å²) in [7, 11) is 0. The van der Waals surface area contributed by atoms with E-state index < -0.39 is 47.7 Å².